The summed E-state index contributed by atoms with van der Waals surface area (Å²) in [7, 11) is 0. The van der Waals surface area contributed by atoms with E-state index in [0.717, 1.165) is 23.0 Å². The molecule has 0 aliphatic rings. The Morgan fingerprint density at radius 2 is 2.26 bits per heavy atom. The van der Waals surface area contributed by atoms with Crippen LogP contribution in [0.3, 0.4) is 0 Å². The monoisotopic (exact) mass is 325 g/mol. The predicted octanol–water partition coefficient (Wildman–Crippen LogP) is 3.11. The molecule has 0 aliphatic heterocycles. The number of imidazole rings is 1. The minimum Gasteiger partial charge on any atom is -0.333 e. The maximum atomic E-state index is 13.7. The molecule has 1 aromatic heterocycles. The quantitative estimate of drug-likeness (QED) is 0.917. The summed E-state index contributed by atoms with van der Waals surface area (Å²) in [6, 6.07) is 5.07. The third-order valence-corrected chi connectivity index (χ3v) is 3.54. The summed E-state index contributed by atoms with van der Waals surface area (Å²) in [6.45, 7) is 2.53. The second-order valence-electron chi connectivity index (χ2n) is 4.65. The number of aromatic nitrogens is 2. The Morgan fingerprint density at radius 1 is 1.47 bits per heavy atom. The molecule has 3 nitrogen and oxygen atoms in total. The van der Waals surface area contributed by atoms with E-state index in [1.165, 1.54) is 6.07 Å². The van der Waals surface area contributed by atoms with Gasteiger partial charge in [0, 0.05) is 28.7 Å². The summed E-state index contributed by atoms with van der Waals surface area (Å²) in [4.78, 5) is 4.30. The van der Waals surface area contributed by atoms with Crippen LogP contribution in [0.5, 0.6) is 0 Å². The molecule has 2 rings (SSSR count). The van der Waals surface area contributed by atoms with Crippen LogP contribution in [0.15, 0.2) is 35.2 Å². The van der Waals surface area contributed by atoms with Gasteiger partial charge in [-0.25, -0.2) is 9.37 Å². The average molecular weight is 326 g/mol. The Kier molecular flexibility index (Phi) is 4.71. The fourth-order valence-corrected chi connectivity index (χ4v) is 2.28. The second-order valence-corrected chi connectivity index (χ2v) is 5.56. The second kappa shape index (κ2) is 6.30. The molecule has 0 fully saturated rings. The van der Waals surface area contributed by atoms with E-state index in [2.05, 4.69) is 27.8 Å². The highest BCUT2D eigenvalue weighted by atomic mass is 79.9. The van der Waals surface area contributed by atoms with E-state index < -0.39 is 0 Å². The van der Waals surface area contributed by atoms with Gasteiger partial charge in [0.1, 0.15) is 5.82 Å². The lowest BCUT2D eigenvalue weighted by Gasteiger charge is -2.06. The predicted molar refractivity (Wildman–Crippen MR) is 77.4 cm³/mol. The summed E-state index contributed by atoms with van der Waals surface area (Å²) >= 11 is 3.35. The van der Waals surface area contributed by atoms with Crippen LogP contribution in [0.2, 0.25) is 0 Å². The Labute approximate surface area is 120 Å². The molecular formula is C14H17BrFN3. The van der Waals surface area contributed by atoms with Crippen molar-refractivity contribution in [3.05, 3.63) is 52.3 Å². The van der Waals surface area contributed by atoms with Crippen LogP contribution in [0.1, 0.15) is 24.6 Å². The van der Waals surface area contributed by atoms with Gasteiger partial charge in [-0.3, -0.25) is 0 Å². The Hall–Kier alpha value is -1.20. The number of benzene rings is 1. The smallest absolute Gasteiger partial charge is 0.128 e. The van der Waals surface area contributed by atoms with E-state index in [4.69, 9.17) is 5.73 Å². The molecule has 1 unspecified atom stereocenters. The zero-order chi connectivity index (χ0) is 13.8. The van der Waals surface area contributed by atoms with Crippen molar-refractivity contribution in [1.82, 2.24) is 9.55 Å². The largest absolute Gasteiger partial charge is 0.333 e. The van der Waals surface area contributed by atoms with Gasteiger partial charge in [-0.2, -0.15) is 0 Å². The molecule has 0 saturated heterocycles. The maximum absolute atomic E-state index is 13.7. The third kappa shape index (κ3) is 3.88. The lowest BCUT2D eigenvalue weighted by molar-refractivity contribution is 0.598. The molecule has 0 saturated carbocycles. The van der Waals surface area contributed by atoms with E-state index in [0.29, 0.717) is 12.1 Å². The minimum atomic E-state index is -0.205. The molecular weight excluding hydrogens is 309 g/mol. The SMILES string of the molecule is CCC(N)Cc1cn(Cc2cc(Br)ccc2F)cn1. The number of rotatable bonds is 5. The minimum absolute atomic E-state index is 0.131. The van der Waals surface area contributed by atoms with Crippen LogP contribution in [0.25, 0.3) is 0 Å². The Morgan fingerprint density at radius 3 is 3.00 bits per heavy atom. The highest BCUT2D eigenvalue weighted by Crippen LogP contribution is 2.16. The van der Waals surface area contributed by atoms with E-state index in [1.54, 1.807) is 18.5 Å². The van der Waals surface area contributed by atoms with Crippen LogP contribution < -0.4 is 5.73 Å². The highest BCUT2D eigenvalue weighted by Gasteiger charge is 2.07. The van der Waals surface area contributed by atoms with Gasteiger partial charge >= 0.3 is 0 Å². The number of nitrogens with two attached hydrogens (primary N) is 1. The first-order chi connectivity index (χ1) is 9.08. The van der Waals surface area contributed by atoms with Gasteiger partial charge in [0.15, 0.2) is 0 Å². The van der Waals surface area contributed by atoms with Crippen molar-refractivity contribution < 1.29 is 4.39 Å². The molecule has 1 aromatic carbocycles. The fraction of sp³-hybridized carbons (Fsp3) is 0.357. The third-order valence-electron chi connectivity index (χ3n) is 3.04. The number of halogens is 2. The molecule has 1 atom stereocenters. The van der Waals surface area contributed by atoms with Gasteiger partial charge in [0.25, 0.3) is 0 Å². The zero-order valence-corrected chi connectivity index (χ0v) is 12.4. The molecule has 1 heterocycles. The zero-order valence-electron chi connectivity index (χ0n) is 10.8. The molecule has 0 radical (unpaired) electrons. The number of hydrogen-bond acceptors (Lipinski definition) is 2. The van der Waals surface area contributed by atoms with Gasteiger partial charge in [-0.15, -0.1) is 0 Å². The lowest BCUT2D eigenvalue weighted by atomic mass is 10.1. The first-order valence-corrected chi connectivity index (χ1v) is 7.08. The Balaban J connectivity index is 2.09. The van der Waals surface area contributed by atoms with Crippen molar-refractivity contribution in [1.29, 1.82) is 0 Å². The van der Waals surface area contributed by atoms with Crippen LogP contribution in [-0.2, 0) is 13.0 Å². The number of nitrogens with zero attached hydrogens (tertiary/aromatic N) is 2. The van der Waals surface area contributed by atoms with Crippen molar-refractivity contribution >= 4 is 15.9 Å². The fourth-order valence-electron chi connectivity index (χ4n) is 1.87. The first-order valence-electron chi connectivity index (χ1n) is 6.28. The topological polar surface area (TPSA) is 43.8 Å². The summed E-state index contributed by atoms with van der Waals surface area (Å²) in [5.74, 6) is -0.205. The summed E-state index contributed by atoms with van der Waals surface area (Å²) in [5, 5.41) is 0. The van der Waals surface area contributed by atoms with E-state index in [1.807, 2.05) is 10.8 Å². The highest BCUT2D eigenvalue weighted by molar-refractivity contribution is 9.10. The van der Waals surface area contributed by atoms with Crippen LogP contribution in [0.4, 0.5) is 4.39 Å². The molecule has 19 heavy (non-hydrogen) atoms. The molecule has 0 aliphatic carbocycles. The molecule has 0 spiro atoms. The summed E-state index contributed by atoms with van der Waals surface area (Å²) in [6.07, 6.45) is 5.32. The standard InChI is InChI=1S/C14H17BrFN3/c1-2-12(17)6-13-8-19(9-18-13)7-10-5-11(15)3-4-14(10)16/h3-5,8-9,12H,2,6-7,17H2,1H3. The molecule has 102 valence electrons. The van der Waals surface area contributed by atoms with E-state index >= 15 is 0 Å². The van der Waals surface area contributed by atoms with Gasteiger partial charge in [0.05, 0.1) is 18.6 Å². The van der Waals surface area contributed by atoms with Gasteiger partial charge < -0.3 is 10.3 Å². The molecule has 2 aromatic rings. The van der Waals surface area contributed by atoms with Crippen molar-refractivity contribution in [2.45, 2.75) is 32.4 Å². The van der Waals surface area contributed by atoms with Crippen molar-refractivity contribution in [2.75, 3.05) is 0 Å². The van der Waals surface area contributed by atoms with Gasteiger partial charge in [-0.05, 0) is 24.6 Å². The molecule has 2 N–H and O–H groups in total. The molecule has 0 bridgehead atoms. The van der Waals surface area contributed by atoms with Crippen molar-refractivity contribution in [3.63, 3.8) is 0 Å². The Bertz CT molecular complexity index is 553. The summed E-state index contributed by atoms with van der Waals surface area (Å²) < 4.78 is 16.4. The lowest BCUT2D eigenvalue weighted by Crippen LogP contribution is -2.21. The van der Waals surface area contributed by atoms with Crippen LogP contribution in [-0.4, -0.2) is 15.6 Å². The summed E-state index contributed by atoms with van der Waals surface area (Å²) in [5.41, 5.74) is 7.48. The first kappa shape index (κ1) is 14.2. The maximum Gasteiger partial charge on any atom is 0.128 e. The van der Waals surface area contributed by atoms with Gasteiger partial charge in [-0.1, -0.05) is 22.9 Å². The van der Waals surface area contributed by atoms with Crippen LogP contribution in [0, 0.1) is 5.82 Å². The normalized spacial score (nSPS) is 12.6. The average Bonchev–Trinajstić information content (AvgIpc) is 2.81. The van der Waals surface area contributed by atoms with Crippen molar-refractivity contribution in [3.8, 4) is 0 Å². The van der Waals surface area contributed by atoms with E-state index in [-0.39, 0.29) is 11.9 Å². The number of hydrogen-bond donors (Lipinski definition) is 1. The van der Waals surface area contributed by atoms with E-state index in [9.17, 15) is 4.39 Å². The van der Waals surface area contributed by atoms with Crippen LogP contribution >= 0.6 is 15.9 Å². The van der Waals surface area contributed by atoms with Crippen molar-refractivity contribution in [2.24, 2.45) is 5.73 Å². The molecule has 5 heteroatoms. The van der Waals surface area contributed by atoms with Gasteiger partial charge in [0.2, 0.25) is 0 Å². The molecule has 0 amide bonds.